The molecule has 0 aromatic carbocycles. The number of nitrogens with zero attached hydrogens (tertiary/aromatic N) is 2. The van der Waals surface area contributed by atoms with Gasteiger partial charge in [-0.15, -0.1) is 11.3 Å². The van der Waals surface area contributed by atoms with Crippen molar-refractivity contribution in [2.45, 2.75) is 19.9 Å². The molecule has 0 saturated carbocycles. The third kappa shape index (κ3) is 3.06. The number of nitrogens with one attached hydrogen (secondary N) is 1. The van der Waals surface area contributed by atoms with E-state index in [-0.39, 0.29) is 5.91 Å². The molecule has 0 spiro atoms. The maximum atomic E-state index is 11.9. The highest BCUT2D eigenvalue weighted by Gasteiger charge is 2.09. The number of hydrogen-bond acceptors (Lipinski definition) is 3. The van der Waals surface area contributed by atoms with Crippen LogP contribution >= 0.6 is 33.9 Å². The predicted molar refractivity (Wildman–Crippen MR) is 77.6 cm³/mol. The van der Waals surface area contributed by atoms with Crippen LogP contribution in [0.2, 0.25) is 0 Å². The number of carbonyl (C=O) groups is 1. The molecule has 0 unspecified atom stereocenters. The first-order valence-corrected chi connectivity index (χ1v) is 7.11. The third-order valence-electron chi connectivity index (χ3n) is 2.22. The van der Waals surface area contributed by atoms with Gasteiger partial charge in [-0.25, -0.2) is 0 Å². The first kappa shape index (κ1) is 12.6. The molecule has 1 N–H and O–H groups in total. The van der Waals surface area contributed by atoms with Gasteiger partial charge in [0.1, 0.15) is 0 Å². The summed E-state index contributed by atoms with van der Waals surface area (Å²) in [7, 11) is 0. The smallest absolute Gasteiger partial charge is 0.256 e. The van der Waals surface area contributed by atoms with Crippen molar-refractivity contribution >= 4 is 45.5 Å². The lowest BCUT2D eigenvalue weighted by Crippen LogP contribution is -2.10. The van der Waals surface area contributed by atoms with Crippen molar-refractivity contribution in [2.75, 3.05) is 5.32 Å². The summed E-state index contributed by atoms with van der Waals surface area (Å²) in [6.07, 6.45) is 3.50. The molecule has 0 aliphatic rings. The van der Waals surface area contributed by atoms with E-state index in [1.807, 2.05) is 36.2 Å². The molecule has 2 aromatic rings. The van der Waals surface area contributed by atoms with Gasteiger partial charge in [-0.05, 0) is 42.5 Å². The lowest BCUT2D eigenvalue weighted by atomic mass is 10.3. The Morgan fingerprint density at radius 1 is 1.59 bits per heavy atom. The van der Waals surface area contributed by atoms with Gasteiger partial charge in [0.05, 0.1) is 20.3 Å². The Morgan fingerprint density at radius 2 is 2.35 bits per heavy atom. The van der Waals surface area contributed by atoms with Gasteiger partial charge in [-0.1, -0.05) is 0 Å². The molecule has 2 heterocycles. The number of halogens is 1. The Bertz CT molecular complexity index is 532. The molecule has 90 valence electrons. The Morgan fingerprint density at radius 3 is 2.88 bits per heavy atom. The second kappa shape index (κ2) is 5.18. The standard InChI is InChI=1S/C11H12IN3OS/c1-7(2)15-5-9(4-13-15)14-11(16)8-3-10(12)17-6-8/h3-7H,1-2H3,(H,14,16). The molecule has 17 heavy (non-hydrogen) atoms. The molecule has 0 fully saturated rings. The van der Waals surface area contributed by atoms with Crippen LogP contribution in [0.3, 0.4) is 0 Å². The monoisotopic (exact) mass is 361 g/mol. The molecular formula is C11H12IN3OS. The number of aromatic nitrogens is 2. The minimum absolute atomic E-state index is 0.0903. The summed E-state index contributed by atoms with van der Waals surface area (Å²) in [6.45, 7) is 4.08. The van der Waals surface area contributed by atoms with E-state index < -0.39 is 0 Å². The molecule has 2 aromatic heterocycles. The number of thiophene rings is 1. The molecule has 1 amide bonds. The van der Waals surface area contributed by atoms with Crippen molar-refractivity contribution in [2.24, 2.45) is 0 Å². The minimum atomic E-state index is -0.0903. The maximum Gasteiger partial charge on any atom is 0.256 e. The van der Waals surface area contributed by atoms with E-state index in [4.69, 9.17) is 0 Å². The highest BCUT2D eigenvalue weighted by Crippen LogP contribution is 2.18. The molecule has 4 nitrogen and oxygen atoms in total. The third-order valence-corrected chi connectivity index (χ3v) is 4.01. The van der Waals surface area contributed by atoms with Crippen molar-refractivity contribution in [1.29, 1.82) is 0 Å². The Balaban J connectivity index is 2.07. The molecular weight excluding hydrogens is 349 g/mol. The van der Waals surface area contributed by atoms with E-state index in [1.165, 1.54) is 0 Å². The summed E-state index contributed by atoms with van der Waals surface area (Å²) >= 11 is 3.76. The summed E-state index contributed by atoms with van der Waals surface area (Å²) < 4.78 is 2.91. The van der Waals surface area contributed by atoms with Gasteiger partial charge in [-0.3, -0.25) is 9.48 Å². The van der Waals surface area contributed by atoms with Crippen LogP contribution in [0.4, 0.5) is 5.69 Å². The first-order chi connectivity index (χ1) is 8.06. The molecule has 6 heteroatoms. The van der Waals surface area contributed by atoms with Gasteiger partial charge in [0.25, 0.3) is 5.91 Å². The zero-order valence-corrected chi connectivity index (χ0v) is 12.4. The van der Waals surface area contributed by atoms with Crippen LogP contribution in [-0.2, 0) is 0 Å². The summed E-state index contributed by atoms with van der Waals surface area (Å²) in [4.78, 5) is 11.9. The van der Waals surface area contributed by atoms with Crippen LogP contribution < -0.4 is 5.32 Å². The largest absolute Gasteiger partial charge is 0.319 e. The highest BCUT2D eigenvalue weighted by atomic mass is 127. The average molecular weight is 361 g/mol. The lowest BCUT2D eigenvalue weighted by Gasteiger charge is -2.03. The molecule has 0 aliphatic carbocycles. The fourth-order valence-electron chi connectivity index (χ4n) is 1.32. The van der Waals surface area contributed by atoms with Crippen LogP contribution in [-0.4, -0.2) is 15.7 Å². The quantitative estimate of drug-likeness (QED) is 0.852. The average Bonchev–Trinajstić information content (AvgIpc) is 2.86. The second-order valence-electron chi connectivity index (χ2n) is 3.90. The van der Waals surface area contributed by atoms with E-state index in [2.05, 4.69) is 33.0 Å². The Kier molecular flexibility index (Phi) is 3.82. The van der Waals surface area contributed by atoms with Crippen molar-refractivity contribution in [3.05, 3.63) is 32.3 Å². The number of amides is 1. The molecule has 0 saturated heterocycles. The molecule has 2 rings (SSSR count). The number of hydrogen-bond donors (Lipinski definition) is 1. The Hall–Kier alpha value is -0.890. The summed E-state index contributed by atoms with van der Waals surface area (Å²) in [5.41, 5.74) is 1.42. The van der Waals surface area contributed by atoms with Crippen LogP contribution in [0.25, 0.3) is 0 Å². The maximum absolute atomic E-state index is 11.9. The van der Waals surface area contributed by atoms with Crippen molar-refractivity contribution in [1.82, 2.24) is 9.78 Å². The van der Waals surface area contributed by atoms with Crippen molar-refractivity contribution in [3.8, 4) is 0 Å². The second-order valence-corrected chi connectivity index (χ2v) is 6.70. The van der Waals surface area contributed by atoms with Gasteiger partial charge in [0.2, 0.25) is 0 Å². The van der Waals surface area contributed by atoms with Crippen molar-refractivity contribution in [3.63, 3.8) is 0 Å². The number of carbonyl (C=O) groups excluding carboxylic acids is 1. The molecule has 0 bridgehead atoms. The lowest BCUT2D eigenvalue weighted by molar-refractivity contribution is 0.102. The highest BCUT2D eigenvalue weighted by molar-refractivity contribution is 14.1. The van der Waals surface area contributed by atoms with E-state index in [1.54, 1.807) is 17.5 Å². The fourth-order valence-corrected chi connectivity index (χ4v) is 2.64. The number of anilines is 1. The van der Waals surface area contributed by atoms with Crippen molar-refractivity contribution < 1.29 is 4.79 Å². The summed E-state index contributed by atoms with van der Waals surface area (Å²) in [6, 6.07) is 2.16. The first-order valence-electron chi connectivity index (χ1n) is 5.16. The predicted octanol–water partition coefficient (Wildman–Crippen LogP) is 3.38. The fraction of sp³-hybridized carbons (Fsp3) is 0.273. The van der Waals surface area contributed by atoms with E-state index in [0.717, 1.165) is 8.57 Å². The van der Waals surface area contributed by atoms with Gasteiger partial charge < -0.3 is 5.32 Å². The van der Waals surface area contributed by atoms with E-state index in [0.29, 0.717) is 11.6 Å². The van der Waals surface area contributed by atoms with Gasteiger partial charge >= 0.3 is 0 Å². The zero-order valence-electron chi connectivity index (χ0n) is 9.48. The van der Waals surface area contributed by atoms with Crippen LogP contribution in [0, 0.1) is 2.88 Å². The van der Waals surface area contributed by atoms with E-state index in [9.17, 15) is 4.79 Å². The van der Waals surface area contributed by atoms with E-state index >= 15 is 0 Å². The summed E-state index contributed by atoms with van der Waals surface area (Å²) in [5, 5.41) is 8.85. The molecule has 0 radical (unpaired) electrons. The van der Waals surface area contributed by atoms with Gasteiger partial charge in [0, 0.05) is 17.6 Å². The normalized spacial score (nSPS) is 10.8. The summed E-state index contributed by atoms with van der Waals surface area (Å²) in [5.74, 6) is -0.0903. The van der Waals surface area contributed by atoms with Crippen LogP contribution in [0.15, 0.2) is 23.8 Å². The SMILES string of the molecule is CC(C)n1cc(NC(=O)c2csc(I)c2)cn1. The minimum Gasteiger partial charge on any atom is -0.319 e. The Labute approximate surface area is 117 Å². The van der Waals surface area contributed by atoms with Crippen LogP contribution in [0.5, 0.6) is 0 Å². The van der Waals surface area contributed by atoms with Gasteiger partial charge in [-0.2, -0.15) is 5.10 Å². The van der Waals surface area contributed by atoms with Crippen LogP contribution in [0.1, 0.15) is 30.2 Å². The number of rotatable bonds is 3. The van der Waals surface area contributed by atoms with Gasteiger partial charge in [0.15, 0.2) is 0 Å². The molecule has 0 aliphatic heterocycles. The zero-order chi connectivity index (χ0) is 12.4. The molecule has 0 atom stereocenters. The topological polar surface area (TPSA) is 46.9 Å².